The van der Waals surface area contributed by atoms with Crippen LogP contribution in [0.25, 0.3) is 0 Å². The van der Waals surface area contributed by atoms with Crippen LogP contribution in [0.2, 0.25) is 0 Å². The molecule has 0 heterocycles. The van der Waals surface area contributed by atoms with Gasteiger partial charge in [-0.25, -0.2) is 0 Å². The van der Waals surface area contributed by atoms with E-state index in [0.717, 1.165) is 25.7 Å². The standard InChI is InChI=1S/C33H61NO6/c1-5-9-10-11-12-13-14-15-16-17-18-19-20-21-22-23-24-34(25-28(6-2)31(35)36,26-29(7-3)32(37)38)27-30(8-4)33(39)40/h5,28-30H,1,6-27H2,2-4H3,(H2-,35,36,37,38,39,40). The fourth-order valence-electron chi connectivity index (χ4n) is 5.89. The molecule has 0 rings (SSSR count). The van der Waals surface area contributed by atoms with Crippen molar-refractivity contribution in [3.63, 3.8) is 0 Å². The number of hydrogen-bond acceptors (Lipinski definition) is 4. The highest BCUT2D eigenvalue weighted by Gasteiger charge is 2.39. The fraction of sp³-hybridized carbons (Fsp3) is 0.848. The number of aliphatic carboxylic acids is 3. The fourth-order valence-corrected chi connectivity index (χ4v) is 5.89. The lowest BCUT2D eigenvalue weighted by Crippen LogP contribution is -2.59. The van der Waals surface area contributed by atoms with Crippen LogP contribution in [0.5, 0.6) is 0 Å². The molecule has 0 radical (unpaired) electrons. The number of allylic oxidation sites excluding steroid dienone is 1. The second kappa shape index (κ2) is 23.8. The Kier molecular flexibility index (Phi) is 22.7. The molecule has 0 aliphatic heterocycles. The van der Waals surface area contributed by atoms with Crippen molar-refractivity contribution in [2.24, 2.45) is 17.8 Å². The topological polar surface area (TPSA) is 115 Å². The van der Waals surface area contributed by atoms with Gasteiger partial charge in [-0.15, -0.1) is 6.58 Å². The van der Waals surface area contributed by atoms with E-state index in [1.807, 2.05) is 19.9 Å². The molecular formula is C33H61NO6. The summed E-state index contributed by atoms with van der Waals surface area (Å²) in [5, 5.41) is 31.4. The van der Waals surface area contributed by atoms with Gasteiger partial charge in [-0.2, -0.15) is 0 Å². The Labute approximate surface area is 245 Å². The quantitative estimate of drug-likeness (QED) is 0.0581. The first-order chi connectivity index (χ1) is 19.2. The molecule has 0 aromatic rings. The summed E-state index contributed by atoms with van der Waals surface area (Å²) in [6.07, 6.45) is 21.5. The van der Waals surface area contributed by atoms with Crippen LogP contribution in [0.15, 0.2) is 12.7 Å². The maximum absolute atomic E-state index is 12.0. The number of carbonyl (C=O) groups is 3. The van der Waals surface area contributed by atoms with Crippen LogP contribution in [-0.4, -0.2) is 58.8 Å². The monoisotopic (exact) mass is 567 g/mol. The van der Waals surface area contributed by atoms with Crippen LogP contribution in [0.4, 0.5) is 0 Å². The van der Waals surface area contributed by atoms with Crippen molar-refractivity contribution in [3.05, 3.63) is 12.7 Å². The van der Waals surface area contributed by atoms with E-state index in [0.29, 0.717) is 25.8 Å². The van der Waals surface area contributed by atoms with Crippen molar-refractivity contribution in [1.29, 1.82) is 0 Å². The van der Waals surface area contributed by atoms with Crippen molar-refractivity contribution in [2.45, 2.75) is 136 Å². The molecule has 234 valence electrons. The average Bonchev–Trinajstić information content (AvgIpc) is 2.92. The van der Waals surface area contributed by atoms with Crippen molar-refractivity contribution >= 4 is 17.9 Å². The van der Waals surface area contributed by atoms with Gasteiger partial charge in [-0.3, -0.25) is 9.59 Å². The second-order valence-corrected chi connectivity index (χ2v) is 12.0. The minimum atomic E-state index is -1.14. The molecule has 40 heavy (non-hydrogen) atoms. The molecule has 3 atom stereocenters. The van der Waals surface area contributed by atoms with E-state index >= 15 is 0 Å². The van der Waals surface area contributed by atoms with Crippen molar-refractivity contribution in [1.82, 2.24) is 0 Å². The van der Waals surface area contributed by atoms with Crippen LogP contribution < -0.4 is 5.11 Å². The van der Waals surface area contributed by atoms with E-state index in [2.05, 4.69) is 6.58 Å². The van der Waals surface area contributed by atoms with Gasteiger partial charge < -0.3 is 24.6 Å². The molecule has 0 bridgehead atoms. The zero-order valence-corrected chi connectivity index (χ0v) is 26.0. The van der Waals surface area contributed by atoms with E-state index < -0.39 is 35.7 Å². The lowest BCUT2D eigenvalue weighted by molar-refractivity contribution is -0.935. The first-order valence-electron chi connectivity index (χ1n) is 16.3. The molecule has 0 aliphatic rings. The van der Waals surface area contributed by atoms with Crippen molar-refractivity contribution in [2.75, 3.05) is 26.2 Å². The number of unbranched alkanes of at least 4 members (excludes halogenated alkanes) is 14. The Morgan fingerprint density at radius 3 is 1.25 bits per heavy atom. The molecule has 0 aromatic heterocycles. The molecule has 2 N–H and O–H groups in total. The Hall–Kier alpha value is -1.89. The predicted octanol–water partition coefficient (Wildman–Crippen LogP) is 6.84. The molecule has 0 amide bonds. The van der Waals surface area contributed by atoms with Gasteiger partial charge in [0, 0.05) is 5.92 Å². The maximum Gasteiger partial charge on any atom is 0.312 e. The molecule has 7 heteroatoms. The predicted molar refractivity (Wildman–Crippen MR) is 161 cm³/mol. The Balaban J connectivity index is 4.81. The number of nitrogens with zero attached hydrogens (tertiary/aromatic N) is 1. The van der Waals surface area contributed by atoms with E-state index in [1.165, 1.54) is 70.6 Å². The molecule has 0 aromatic carbocycles. The normalized spacial score (nSPS) is 15.2. The van der Waals surface area contributed by atoms with Gasteiger partial charge in [0.05, 0.1) is 32.1 Å². The van der Waals surface area contributed by atoms with E-state index in [1.54, 1.807) is 6.92 Å². The maximum atomic E-state index is 12.0. The summed E-state index contributed by atoms with van der Waals surface area (Å²) in [6.45, 7) is 10.6. The van der Waals surface area contributed by atoms with Crippen LogP contribution >= 0.6 is 0 Å². The summed E-state index contributed by atoms with van der Waals surface area (Å²) < 4.78 is 0.219. The summed E-state index contributed by atoms with van der Waals surface area (Å²) in [5.74, 6) is -4.95. The van der Waals surface area contributed by atoms with Gasteiger partial charge in [0.1, 0.15) is 11.8 Å². The summed E-state index contributed by atoms with van der Waals surface area (Å²) in [5.41, 5.74) is 0. The minimum Gasteiger partial charge on any atom is -0.550 e. The molecule has 0 saturated heterocycles. The number of carboxylic acid groups (broad SMARTS) is 3. The highest BCUT2D eigenvalue weighted by molar-refractivity contribution is 5.70. The Morgan fingerprint density at radius 1 is 0.625 bits per heavy atom. The van der Waals surface area contributed by atoms with Crippen LogP contribution in [0.3, 0.4) is 0 Å². The third-order valence-electron chi connectivity index (χ3n) is 8.62. The van der Waals surface area contributed by atoms with E-state index in [-0.39, 0.29) is 24.1 Å². The highest BCUT2D eigenvalue weighted by atomic mass is 16.4. The van der Waals surface area contributed by atoms with Gasteiger partial charge in [-0.05, 0) is 44.9 Å². The summed E-state index contributed by atoms with van der Waals surface area (Å²) in [4.78, 5) is 35.8. The van der Waals surface area contributed by atoms with Crippen molar-refractivity contribution < 1.29 is 34.2 Å². The van der Waals surface area contributed by atoms with Gasteiger partial charge in [0.25, 0.3) is 0 Å². The summed E-state index contributed by atoms with van der Waals surface area (Å²) in [7, 11) is 0. The van der Waals surface area contributed by atoms with Gasteiger partial charge >= 0.3 is 11.9 Å². The van der Waals surface area contributed by atoms with Gasteiger partial charge in [-0.1, -0.05) is 97.5 Å². The smallest absolute Gasteiger partial charge is 0.312 e. The SMILES string of the molecule is C=CCCCCCCCCCCCCCCCC[N+](CC(CC)C(=O)[O-])(CC(CC)C(=O)O)CC(CC)C(=O)O. The molecular weight excluding hydrogens is 506 g/mol. The molecule has 7 nitrogen and oxygen atoms in total. The first kappa shape index (κ1) is 38.1. The largest absolute Gasteiger partial charge is 0.550 e. The Bertz CT molecular complexity index is 635. The van der Waals surface area contributed by atoms with E-state index in [4.69, 9.17) is 0 Å². The zero-order chi connectivity index (χ0) is 30.2. The summed E-state index contributed by atoms with van der Waals surface area (Å²) >= 11 is 0. The number of hydrogen-bond donors (Lipinski definition) is 2. The lowest BCUT2D eigenvalue weighted by Gasteiger charge is -2.44. The highest BCUT2D eigenvalue weighted by Crippen LogP contribution is 2.25. The van der Waals surface area contributed by atoms with Crippen LogP contribution in [-0.2, 0) is 14.4 Å². The first-order valence-corrected chi connectivity index (χ1v) is 16.3. The number of quaternary nitrogens is 1. The molecule has 0 fully saturated rings. The minimum absolute atomic E-state index is 0.219. The molecule has 0 saturated carbocycles. The molecule has 0 aliphatic carbocycles. The van der Waals surface area contributed by atoms with Gasteiger partial charge in [0.15, 0.2) is 0 Å². The molecule has 0 spiro atoms. The molecule has 3 unspecified atom stereocenters. The van der Waals surface area contributed by atoms with E-state index in [9.17, 15) is 29.7 Å². The lowest BCUT2D eigenvalue weighted by atomic mass is 9.95. The third-order valence-corrected chi connectivity index (χ3v) is 8.62. The zero-order valence-electron chi connectivity index (χ0n) is 26.0. The average molecular weight is 568 g/mol. The van der Waals surface area contributed by atoms with Crippen LogP contribution in [0.1, 0.15) is 136 Å². The number of carboxylic acids is 3. The van der Waals surface area contributed by atoms with Crippen molar-refractivity contribution in [3.8, 4) is 0 Å². The summed E-state index contributed by atoms with van der Waals surface area (Å²) in [6, 6.07) is 0. The number of carbonyl (C=O) groups excluding carboxylic acids is 1. The number of rotatable bonds is 29. The van der Waals surface area contributed by atoms with Crippen LogP contribution in [0, 0.1) is 17.8 Å². The second-order valence-electron chi connectivity index (χ2n) is 12.0. The third kappa shape index (κ3) is 17.7. The Morgan fingerprint density at radius 2 is 0.950 bits per heavy atom. The van der Waals surface area contributed by atoms with Gasteiger partial charge in [0.2, 0.25) is 0 Å².